The van der Waals surface area contributed by atoms with Crippen LogP contribution in [0.2, 0.25) is 0 Å². The number of carbonyl (C=O) groups is 2. The number of aryl methyl sites for hydroxylation is 2. The first-order chi connectivity index (χ1) is 11.8. The minimum atomic E-state index is -1.64. The first kappa shape index (κ1) is 18.5. The predicted molar refractivity (Wildman–Crippen MR) is 87.6 cm³/mol. The molecule has 0 unspecified atom stereocenters. The van der Waals surface area contributed by atoms with Crippen LogP contribution >= 0.6 is 0 Å². The van der Waals surface area contributed by atoms with Gasteiger partial charge in [-0.2, -0.15) is 0 Å². The van der Waals surface area contributed by atoms with Gasteiger partial charge < -0.3 is 0 Å². The van der Waals surface area contributed by atoms with Crippen LogP contribution in [0, 0.1) is 31.3 Å². The quantitative estimate of drug-likeness (QED) is 0.473. The lowest BCUT2D eigenvalue weighted by Crippen LogP contribution is -2.30. The van der Waals surface area contributed by atoms with Crippen LogP contribution < -0.4 is 10.9 Å². The molecular formula is C18H17F3N2O2. The highest BCUT2D eigenvalue weighted by Gasteiger charge is 2.14. The first-order valence-electron chi connectivity index (χ1n) is 7.58. The lowest BCUT2D eigenvalue weighted by atomic mass is 10.0. The second-order valence-electron chi connectivity index (χ2n) is 5.62. The van der Waals surface area contributed by atoms with Crippen molar-refractivity contribution in [2.75, 3.05) is 5.43 Å². The molecule has 0 aromatic heterocycles. The zero-order chi connectivity index (χ0) is 18.6. The van der Waals surface area contributed by atoms with Gasteiger partial charge in [-0.25, -0.2) is 13.2 Å². The molecule has 2 rings (SSSR count). The third-order valence-corrected chi connectivity index (χ3v) is 3.78. The zero-order valence-corrected chi connectivity index (χ0v) is 13.8. The number of anilines is 1. The number of Topliss-reactive ketones (excluding diaryl/α,β-unsaturated/α-hetero) is 1. The van der Waals surface area contributed by atoms with Crippen molar-refractivity contribution in [2.24, 2.45) is 0 Å². The van der Waals surface area contributed by atoms with Gasteiger partial charge in [-0.05, 0) is 43.2 Å². The van der Waals surface area contributed by atoms with Gasteiger partial charge in [-0.15, -0.1) is 0 Å². The van der Waals surface area contributed by atoms with Gasteiger partial charge in [0.25, 0.3) is 0 Å². The molecule has 2 aromatic rings. The van der Waals surface area contributed by atoms with Gasteiger partial charge in [-0.1, -0.05) is 12.1 Å². The molecule has 0 heterocycles. The Kier molecular flexibility index (Phi) is 5.80. The minimum Gasteiger partial charge on any atom is -0.296 e. The van der Waals surface area contributed by atoms with Crippen LogP contribution in [0.3, 0.4) is 0 Å². The van der Waals surface area contributed by atoms with E-state index >= 15 is 0 Å². The number of amides is 1. The normalized spacial score (nSPS) is 10.4. The Hall–Kier alpha value is -2.83. The number of hydrogen-bond donors (Lipinski definition) is 2. The van der Waals surface area contributed by atoms with Crippen LogP contribution in [-0.2, 0) is 4.79 Å². The monoisotopic (exact) mass is 350 g/mol. The third-order valence-electron chi connectivity index (χ3n) is 3.78. The SMILES string of the molecule is Cc1ccc(C(=O)CCC(=O)NNc2ccc(F)c(F)c2F)cc1C. The molecular weight excluding hydrogens is 333 g/mol. The molecule has 0 bridgehead atoms. The first-order valence-corrected chi connectivity index (χ1v) is 7.58. The highest BCUT2D eigenvalue weighted by Crippen LogP contribution is 2.18. The van der Waals surface area contributed by atoms with Gasteiger partial charge in [0, 0.05) is 18.4 Å². The minimum absolute atomic E-state index is 0.0315. The summed E-state index contributed by atoms with van der Waals surface area (Å²) in [7, 11) is 0. The number of ketones is 1. The second-order valence-corrected chi connectivity index (χ2v) is 5.62. The summed E-state index contributed by atoms with van der Waals surface area (Å²) in [5, 5.41) is 0. The number of carbonyl (C=O) groups excluding carboxylic acids is 2. The molecule has 0 saturated heterocycles. The maximum Gasteiger partial charge on any atom is 0.238 e. The summed E-state index contributed by atoms with van der Waals surface area (Å²) in [5.74, 6) is -5.18. The Balaban J connectivity index is 1.87. The number of halogens is 3. The average Bonchev–Trinajstić information content (AvgIpc) is 2.59. The molecule has 0 aliphatic heterocycles. The Morgan fingerprint density at radius 2 is 1.64 bits per heavy atom. The van der Waals surface area contributed by atoms with Crippen molar-refractivity contribution in [2.45, 2.75) is 26.7 Å². The van der Waals surface area contributed by atoms with E-state index in [9.17, 15) is 22.8 Å². The molecule has 132 valence electrons. The highest BCUT2D eigenvalue weighted by atomic mass is 19.2. The molecule has 4 nitrogen and oxygen atoms in total. The average molecular weight is 350 g/mol. The summed E-state index contributed by atoms with van der Waals surface area (Å²) >= 11 is 0. The van der Waals surface area contributed by atoms with Crippen LogP contribution in [-0.4, -0.2) is 11.7 Å². The van der Waals surface area contributed by atoms with Gasteiger partial charge in [0.2, 0.25) is 5.91 Å². The lowest BCUT2D eigenvalue weighted by Gasteiger charge is -2.10. The number of rotatable bonds is 6. The summed E-state index contributed by atoms with van der Waals surface area (Å²) in [6.07, 6.45) is -0.166. The van der Waals surface area contributed by atoms with E-state index in [2.05, 4.69) is 10.9 Å². The Morgan fingerprint density at radius 3 is 2.32 bits per heavy atom. The standard InChI is InChI=1S/C18H17F3N2O2/c1-10-3-4-12(9-11(10)2)15(24)7-8-16(25)23-22-14-6-5-13(19)17(20)18(14)21/h3-6,9,22H,7-8H2,1-2H3,(H,23,25). The van der Waals surface area contributed by atoms with Crippen LogP contribution in [0.4, 0.5) is 18.9 Å². The topological polar surface area (TPSA) is 58.2 Å². The van der Waals surface area contributed by atoms with Crippen LogP contribution in [0.15, 0.2) is 30.3 Å². The maximum atomic E-state index is 13.4. The fourth-order valence-corrected chi connectivity index (χ4v) is 2.11. The van der Waals surface area contributed by atoms with E-state index in [1.807, 2.05) is 19.9 Å². The molecule has 0 aliphatic rings. The van der Waals surface area contributed by atoms with Crippen molar-refractivity contribution >= 4 is 17.4 Å². The van der Waals surface area contributed by atoms with Crippen molar-refractivity contribution in [3.8, 4) is 0 Å². The summed E-state index contributed by atoms with van der Waals surface area (Å²) in [5.41, 5.74) is 6.45. The van der Waals surface area contributed by atoms with Gasteiger partial charge >= 0.3 is 0 Å². The molecule has 25 heavy (non-hydrogen) atoms. The van der Waals surface area contributed by atoms with Crippen molar-refractivity contribution < 1.29 is 22.8 Å². The van der Waals surface area contributed by atoms with E-state index in [4.69, 9.17) is 0 Å². The van der Waals surface area contributed by atoms with Gasteiger partial charge in [-0.3, -0.25) is 20.4 Å². The molecule has 7 heteroatoms. The fourth-order valence-electron chi connectivity index (χ4n) is 2.11. The fraction of sp³-hybridized carbons (Fsp3) is 0.222. The second kappa shape index (κ2) is 7.83. The Morgan fingerprint density at radius 1 is 0.920 bits per heavy atom. The van der Waals surface area contributed by atoms with E-state index < -0.39 is 29.0 Å². The van der Waals surface area contributed by atoms with E-state index in [0.29, 0.717) is 5.56 Å². The highest BCUT2D eigenvalue weighted by molar-refractivity contribution is 5.98. The molecule has 2 N–H and O–H groups in total. The summed E-state index contributed by atoms with van der Waals surface area (Å²) in [6.45, 7) is 3.82. The summed E-state index contributed by atoms with van der Waals surface area (Å²) < 4.78 is 39.3. The summed E-state index contributed by atoms with van der Waals surface area (Å²) in [4.78, 5) is 23.8. The largest absolute Gasteiger partial charge is 0.296 e. The van der Waals surface area contributed by atoms with Crippen molar-refractivity contribution in [3.63, 3.8) is 0 Å². The van der Waals surface area contributed by atoms with Gasteiger partial charge in [0.05, 0.1) is 5.69 Å². The van der Waals surface area contributed by atoms with Crippen molar-refractivity contribution in [1.82, 2.24) is 5.43 Å². The molecule has 1 amide bonds. The predicted octanol–water partition coefficient (Wildman–Crippen LogP) is 3.83. The van der Waals surface area contributed by atoms with Gasteiger partial charge in [0.15, 0.2) is 23.2 Å². The summed E-state index contributed by atoms with van der Waals surface area (Å²) in [6, 6.07) is 6.96. The molecule has 0 atom stereocenters. The number of nitrogens with one attached hydrogen (secondary N) is 2. The third kappa shape index (κ3) is 4.59. The van der Waals surface area contributed by atoms with Gasteiger partial charge in [0.1, 0.15) is 0 Å². The van der Waals surface area contributed by atoms with E-state index in [1.165, 1.54) is 0 Å². The molecule has 0 spiro atoms. The van der Waals surface area contributed by atoms with E-state index in [-0.39, 0.29) is 18.6 Å². The van der Waals surface area contributed by atoms with Crippen LogP contribution in [0.25, 0.3) is 0 Å². The number of hydrazine groups is 1. The number of hydrogen-bond acceptors (Lipinski definition) is 3. The maximum absolute atomic E-state index is 13.4. The Labute approximate surface area is 143 Å². The Bertz CT molecular complexity index is 822. The molecule has 0 fully saturated rings. The van der Waals surface area contributed by atoms with E-state index in [1.54, 1.807) is 12.1 Å². The number of benzene rings is 2. The smallest absolute Gasteiger partial charge is 0.238 e. The van der Waals surface area contributed by atoms with Crippen molar-refractivity contribution in [1.29, 1.82) is 0 Å². The molecule has 2 aromatic carbocycles. The zero-order valence-electron chi connectivity index (χ0n) is 13.8. The molecule has 0 radical (unpaired) electrons. The molecule has 0 saturated carbocycles. The molecule has 0 aliphatic carbocycles. The van der Waals surface area contributed by atoms with Crippen LogP contribution in [0.1, 0.15) is 34.3 Å². The van der Waals surface area contributed by atoms with Crippen LogP contribution in [0.5, 0.6) is 0 Å². The lowest BCUT2D eigenvalue weighted by molar-refractivity contribution is -0.120. The van der Waals surface area contributed by atoms with Crippen molar-refractivity contribution in [3.05, 3.63) is 64.5 Å². The van der Waals surface area contributed by atoms with E-state index in [0.717, 1.165) is 23.3 Å².